The molecule has 0 fully saturated rings. The maximum Gasteiger partial charge on any atom is -0.0346 e. The van der Waals surface area contributed by atoms with Crippen LogP contribution in [0.5, 0.6) is 0 Å². The summed E-state index contributed by atoms with van der Waals surface area (Å²) in [7, 11) is 0. The number of rotatable bonds is 10. The predicted molar refractivity (Wildman–Crippen MR) is 75.8 cm³/mol. The minimum Gasteiger partial charge on any atom is -0.0885 e. The molecule has 0 radical (unpaired) electrons. The molecule has 0 aromatic heterocycles. The Morgan fingerprint density at radius 3 is 2.06 bits per heavy atom. The zero-order chi connectivity index (χ0) is 12.3. The topological polar surface area (TPSA) is 0 Å². The maximum atomic E-state index is 2.39. The number of allylic oxidation sites excluding steroid dienone is 2. The molecule has 0 nitrogen and oxygen atoms in total. The first-order valence-corrected chi connectivity index (χ1v) is 7.27. The van der Waals surface area contributed by atoms with Gasteiger partial charge in [-0.05, 0) is 37.5 Å². The van der Waals surface area contributed by atoms with Gasteiger partial charge in [-0.1, -0.05) is 65.5 Å². The van der Waals surface area contributed by atoms with Crippen LogP contribution in [0.1, 0.15) is 85.5 Å². The molecule has 16 heavy (non-hydrogen) atoms. The van der Waals surface area contributed by atoms with Crippen molar-refractivity contribution >= 4 is 0 Å². The van der Waals surface area contributed by atoms with Crippen molar-refractivity contribution in [2.75, 3.05) is 0 Å². The van der Waals surface area contributed by atoms with Gasteiger partial charge in [-0.15, -0.1) is 0 Å². The molecule has 0 unspecified atom stereocenters. The van der Waals surface area contributed by atoms with Crippen LogP contribution in [0.4, 0.5) is 0 Å². The molecular formula is C16H32. The van der Waals surface area contributed by atoms with E-state index in [1.165, 1.54) is 57.8 Å². The predicted octanol–water partition coefficient (Wildman–Crippen LogP) is 6.12. The molecule has 0 aliphatic carbocycles. The van der Waals surface area contributed by atoms with Gasteiger partial charge in [-0.25, -0.2) is 0 Å². The largest absolute Gasteiger partial charge is 0.0885 e. The lowest BCUT2D eigenvalue weighted by atomic mass is 9.83. The van der Waals surface area contributed by atoms with Crippen LogP contribution in [0.3, 0.4) is 0 Å². The van der Waals surface area contributed by atoms with Gasteiger partial charge in [0.25, 0.3) is 0 Å². The molecule has 0 rings (SSSR count). The lowest BCUT2D eigenvalue weighted by Gasteiger charge is -2.22. The minimum atomic E-state index is 0.543. The SMILES string of the molecule is CCCCCC/C=C/CCC(C)(C)CCC. The highest BCUT2D eigenvalue weighted by atomic mass is 14.2. The summed E-state index contributed by atoms with van der Waals surface area (Å²) in [4.78, 5) is 0. The monoisotopic (exact) mass is 224 g/mol. The van der Waals surface area contributed by atoms with Crippen molar-refractivity contribution in [2.24, 2.45) is 5.41 Å². The van der Waals surface area contributed by atoms with E-state index in [-0.39, 0.29) is 0 Å². The van der Waals surface area contributed by atoms with Crippen LogP contribution in [0.15, 0.2) is 12.2 Å². The minimum absolute atomic E-state index is 0.543. The highest BCUT2D eigenvalue weighted by Crippen LogP contribution is 2.28. The van der Waals surface area contributed by atoms with Crippen molar-refractivity contribution in [3.05, 3.63) is 12.2 Å². The summed E-state index contributed by atoms with van der Waals surface area (Å²) in [6, 6.07) is 0. The van der Waals surface area contributed by atoms with Crippen LogP contribution in [0.2, 0.25) is 0 Å². The molecule has 96 valence electrons. The lowest BCUT2D eigenvalue weighted by molar-refractivity contribution is 0.307. The summed E-state index contributed by atoms with van der Waals surface area (Å²) < 4.78 is 0. The third-order valence-corrected chi connectivity index (χ3v) is 3.31. The first kappa shape index (κ1) is 15.7. The van der Waals surface area contributed by atoms with Crippen molar-refractivity contribution in [1.29, 1.82) is 0 Å². The van der Waals surface area contributed by atoms with Crippen LogP contribution in [-0.2, 0) is 0 Å². The molecule has 0 aromatic rings. The second kappa shape index (κ2) is 9.93. The van der Waals surface area contributed by atoms with Gasteiger partial charge in [-0.2, -0.15) is 0 Å². The van der Waals surface area contributed by atoms with Gasteiger partial charge in [-0.3, -0.25) is 0 Å². The summed E-state index contributed by atoms with van der Waals surface area (Å²) >= 11 is 0. The van der Waals surface area contributed by atoms with E-state index in [1.54, 1.807) is 0 Å². The smallest absolute Gasteiger partial charge is 0.0346 e. The molecule has 0 heteroatoms. The molecule has 0 atom stereocenters. The van der Waals surface area contributed by atoms with Crippen LogP contribution >= 0.6 is 0 Å². The highest BCUT2D eigenvalue weighted by Gasteiger charge is 2.14. The Kier molecular flexibility index (Phi) is 9.77. The second-order valence-corrected chi connectivity index (χ2v) is 5.77. The Bertz CT molecular complexity index is 165. The Morgan fingerprint density at radius 1 is 0.750 bits per heavy atom. The Labute approximate surface area is 104 Å². The van der Waals surface area contributed by atoms with Gasteiger partial charge < -0.3 is 0 Å². The van der Waals surface area contributed by atoms with Gasteiger partial charge in [0.05, 0.1) is 0 Å². The molecular weight excluding hydrogens is 192 g/mol. The fraction of sp³-hybridized carbons (Fsp3) is 0.875. The zero-order valence-corrected chi connectivity index (χ0v) is 12.0. The van der Waals surface area contributed by atoms with Crippen LogP contribution < -0.4 is 0 Å². The third kappa shape index (κ3) is 10.3. The number of hydrogen-bond acceptors (Lipinski definition) is 0. The lowest BCUT2D eigenvalue weighted by Crippen LogP contribution is -2.09. The summed E-state index contributed by atoms with van der Waals surface area (Å²) in [6.45, 7) is 9.34. The van der Waals surface area contributed by atoms with Gasteiger partial charge in [0.15, 0.2) is 0 Å². The third-order valence-electron chi connectivity index (χ3n) is 3.31. The van der Waals surface area contributed by atoms with Crippen LogP contribution in [-0.4, -0.2) is 0 Å². The molecule has 0 N–H and O–H groups in total. The zero-order valence-electron chi connectivity index (χ0n) is 12.0. The molecule has 0 saturated carbocycles. The van der Waals surface area contributed by atoms with Gasteiger partial charge >= 0.3 is 0 Å². The van der Waals surface area contributed by atoms with Crippen LogP contribution in [0, 0.1) is 5.41 Å². The fourth-order valence-corrected chi connectivity index (χ4v) is 2.20. The van der Waals surface area contributed by atoms with E-state index in [1.807, 2.05) is 0 Å². The average Bonchev–Trinajstić information content (AvgIpc) is 2.22. The number of hydrogen-bond donors (Lipinski definition) is 0. The van der Waals surface area contributed by atoms with Gasteiger partial charge in [0.1, 0.15) is 0 Å². The van der Waals surface area contributed by atoms with E-state index in [2.05, 4.69) is 39.8 Å². The highest BCUT2D eigenvalue weighted by molar-refractivity contribution is 4.83. The van der Waals surface area contributed by atoms with E-state index >= 15 is 0 Å². The molecule has 0 aromatic carbocycles. The number of unbranched alkanes of at least 4 members (excludes halogenated alkanes) is 4. The van der Waals surface area contributed by atoms with Gasteiger partial charge in [0.2, 0.25) is 0 Å². The molecule has 0 aliphatic rings. The molecule has 0 heterocycles. The molecule has 0 amide bonds. The van der Waals surface area contributed by atoms with Crippen molar-refractivity contribution in [1.82, 2.24) is 0 Å². The van der Waals surface area contributed by atoms with Crippen LogP contribution in [0.25, 0.3) is 0 Å². The fourth-order valence-electron chi connectivity index (χ4n) is 2.20. The van der Waals surface area contributed by atoms with Crippen molar-refractivity contribution in [2.45, 2.75) is 85.5 Å². The Hall–Kier alpha value is -0.260. The summed E-state index contributed by atoms with van der Waals surface area (Å²) in [5.74, 6) is 0. The Balaban J connectivity index is 3.39. The summed E-state index contributed by atoms with van der Waals surface area (Å²) in [5, 5.41) is 0. The van der Waals surface area contributed by atoms with Crippen molar-refractivity contribution in [3.63, 3.8) is 0 Å². The quantitative estimate of drug-likeness (QED) is 0.310. The summed E-state index contributed by atoms with van der Waals surface area (Å²) in [6.07, 6.45) is 16.9. The average molecular weight is 224 g/mol. The molecule has 0 spiro atoms. The first-order chi connectivity index (χ1) is 7.62. The second-order valence-electron chi connectivity index (χ2n) is 5.77. The normalized spacial score (nSPS) is 12.5. The van der Waals surface area contributed by atoms with Crippen molar-refractivity contribution < 1.29 is 0 Å². The first-order valence-electron chi connectivity index (χ1n) is 7.27. The maximum absolute atomic E-state index is 2.39. The molecule has 0 bridgehead atoms. The van der Waals surface area contributed by atoms with Crippen molar-refractivity contribution in [3.8, 4) is 0 Å². The van der Waals surface area contributed by atoms with Gasteiger partial charge in [0, 0.05) is 0 Å². The Morgan fingerprint density at radius 2 is 1.44 bits per heavy atom. The molecule has 0 saturated heterocycles. The van der Waals surface area contributed by atoms with E-state index in [4.69, 9.17) is 0 Å². The van der Waals surface area contributed by atoms with E-state index in [0.29, 0.717) is 5.41 Å². The van der Waals surface area contributed by atoms with E-state index < -0.39 is 0 Å². The molecule has 0 aliphatic heterocycles. The van der Waals surface area contributed by atoms with E-state index in [0.717, 1.165) is 0 Å². The standard InChI is InChI=1S/C16H32/c1-5-7-8-9-10-11-12-13-15-16(3,4)14-6-2/h11-12H,5-10,13-15H2,1-4H3/b12-11+. The summed E-state index contributed by atoms with van der Waals surface area (Å²) in [5.41, 5.74) is 0.543. The van der Waals surface area contributed by atoms with E-state index in [9.17, 15) is 0 Å².